The first-order valence-electron chi connectivity index (χ1n) is 9.38. The molecule has 1 saturated heterocycles. The molecule has 8 heteroatoms. The van der Waals surface area contributed by atoms with Crippen molar-refractivity contribution >= 4 is 28.9 Å². The Labute approximate surface area is 169 Å². The normalized spacial score (nSPS) is 13.6. The number of carbonyl (C=O) groups is 2. The Morgan fingerprint density at radius 2 is 1.41 bits per heavy atom. The number of rotatable bonds is 8. The lowest BCUT2D eigenvalue weighted by atomic mass is 10.2. The van der Waals surface area contributed by atoms with Crippen molar-refractivity contribution in [1.82, 2.24) is 0 Å². The van der Waals surface area contributed by atoms with Crippen LogP contribution in [0.3, 0.4) is 0 Å². The van der Waals surface area contributed by atoms with Crippen LogP contribution in [0.15, 0.2) is 48.5 Å². The van der Waals surface area contributed by atoms with Gasteiger partial charge >= 0.3 is 0 Å². The number of hydrogen-bond donors (Lipinski definition) is 2. The monoisotopic (exact) mass is 399 g/mol. The molecule has 1 fully saturated rings. The molecule has 2 aromatic rings. The van der Waals surface area contributed by atoms with E-state index in [0.29, 0.717) is 17.1 Å². The van der Waals surface area contributed by atoms with E-state index >= 15 is 0 Å². The van der Waals surface area contributed by atoms with Crippen LogP contribution in [0.4, 0.5) is 17.1 Å². The molecule has 29 heavy (non-hydrogen) atoms. The van der Waals surface area contributed by atoms with Gasteiger partial charge in [0.1, 0.15) is 19.0 Å². The number of nitrogens with zero attached hydrogens (tertiary/aromatic N) is 1. The fraction of sp³-hybridized carbons (Fsp3) is 0.333. The third kappa shape index (κ3) is 6.48. The van der Waals surface area contributed by atoms with Crippen molar-refractivity contribution < 1.29 is 23.8 Å². The van der Waals surface area contributed by atoms with Crippen LogP contribution in [0.25, 0.3) is 0 Å². The fourth-order valence-corrected chi connectivity index (χ4v) is 2.88. The van der Waals surface area contributed by atoms with Crippen molar-refractivity contribution in [3.8, 4) is 5.75 Å². The van der Waals surface area contributed by atoms with Crippen molar-refractivity contribution in [2.75, 3.05) is 62.2 Å². The quantitative estimate of drug-likeness (QED) is 0.707. The maximum Gasteiger partial charge on any atom is 0.250 e. The van der Waals surface area contributed by atoms with Crippen molar-refractivity contribution in [3.63, 3.8) is 0 Å². The predicted molar refractivity (Wildman–Crippen MR) is 111 cm³/mol. The summed E-state index contributed by atoms with van der Waals surface area (Å²) < 4.78 is 15.6. The lowest BCUT2D eigenvalue weighted by Crippen LogP contribution is -2.36. The van der Waals surface area contributed by atoms with Gasteiger partial charge in [0.05, 0.1) is 20.3 Å². The molecule has 2 aromatic carbocycles. The van der Waals surface area contributed by atoms with Gasteiger partial charge in [-0.25, -0.2) is 0 Å². The van der Waals surface area contributed by atoms with E-state index in [0.717, 1.165) is 32.0 Å². The van der Waals surface area contributed by atoms with Crippen molar-refractivity contribution in [1.29, 1.82) is 0 Å². The summed E-state index contributed by atoms with van der Waals surface area (Å²) in [5.74, 6) is 0.0492. The zero-order chi connectivity index (χ0) is 20.5. The summed E-state index contributed by atoms with van der Waals surface area (Å²) in [5, 5.41) is 5.44. The molecule has 2 N–H and O–H groups in total. The predicted octanol–water partition coefficient (Wildman–Crippen LogP) is 2.13. The summed E-state index contributed by atoms with van der Waals surface area (Å²) in [7, 11) is 1.57. The number of methoxy groups -OCH3 is 1. The molecule has 2 amide bonds. The molecule has 0 aromatic heterocycles. The molecular weight excluding hydrogens is 374 g/mol. The Kier molecular flexibility index (Phi) is 7.43. The van der Waals surface area contributed by atoms with Crippen LogP contribution in [0.1, 0.15) is 0 Å². The van der Waals surface area contributed by atoms with E-state index in [4.69, 9.17) is 14.2 Å². The average Bonchev–Trinajstić information content (AvgIpc) is 2.75. The average molecular weight is 399 g/mol. The molecule has 0 saturated carbocycles. The molecule has 0 aliphatic carbocycles. The van der Waals surface area contributed by atoms with Gasteiger partial charge < -0.3 is 29.7 Å². The number of nitrogens with one attached hydrogen (secondary N) is 2. The third-order valence-electron chi connectivity index (χ3n) is 4.37. The molecular formula is C21H25N3O5. The summed E-state index contributed by atoms with van der Waals surface area (Å²) in [6, 6.07) is 14.6. The van der Waals surface area contributed by atoms with E-state index in [2.05, 4.69) is 15.5 Å². The molecule has 3 rings (SSSR count). The van der Waals surface area contributed by atoms with Gasteiger partial charge in [0.25, 0.3) is 0 Å². The van der Waals surface area contributed by atoms with Gasteiger partial charge in [0.2, 0.25) is 11.8 Å². The smallest absolute Gasteiger partial charge is 0.250 e. The van der Waals surface area contributed by atoms with Crippen LogP contribution in [-0.2, 0) is 19.1 Å². The van der Waals surface area contributed by atoms with Crippen LogP contribution in [0.2, 0.25) is 0 Å². The summed E-state index contributed by atoms with van der Waals surface area (Å²) in [5.41, 5.74) is 2.40. The summed E-state index contributed by atoms with van der Waals surface area (Å²) in [4.78, 5) is 26.1. The van der Waals surface area contributed by atoms with Gasteiger partial charge in [-0.05, 0) is 48.5 Å². The Morgan fingerprint density at radius 3 is 1.93 bits per heavy atom. The van der Waals surface area contributed by atoms with E-state index in [-0.39, 0.29) is 25.0 Å². The van der Waals surface area contributed by atoms with Crippen molar-refractivity contribution in [2.45, 2.75) is 0 Å². The van der Waals surface area contributed by atoms with Gasteiger partial charge in [-0.3, -0.25) is 9.59 Å². The summed E-state index contributed by atoms with van der Waals surface area (Å²) in [6.45, 7) is 2.75. The molecule has 1 aliphatic heterocycles. The van der Waals surface area contributed by atoms with E-state index < -0.39 is 0 Å². The third-order valence-corrected chi connectivity index (χ3v) is 4.37. The van der Waals surface area contributed by atoms with Gasteiger partial charge in [0, 0.05) is 30.2 Å². The molecule has 154 valence electrons. The number of anilines is 3. The molecule has 0 atom stereocenters. The van der Waals surface area contributed by atoms with E-state index in [1.807, 2.05) is 24.3 Å². The first kappa shape index (κ1) is 20.6. The van der Waals surface area contributed by atoms with Crippen LogP contribution in [-0.4, -0.2) is 58.4 Å². The maximum absolute atomic E-state index is 12.0. The second-order valence-electron chi connectivity index (χ2n) is 6.46. The minimum atomic E-state index is -0.335. The molecule has 1 heterocycles. The zero-order valence-electron chi connectivity index (χ0n) is 16.3. The van der Waals surface area contributed by atoms with Crippen LogP contribution >= 0.6 is 0 Å². The van der Waals surface area contributed by atoms with E-state index in [9.17, 15) is 9.59 Å². The maximum atomic E-state index is 12.0. The molecule has 8 nitrogen and oxygen atoms in total. The number of benzene rings is 2. The number of morpholine rings is 1. The number of ether oxygens (including phenoxy) is 3. The second-order valence-corrected chi connectivity index (χ2v) is 6.46. The van der Waals surface area contributed by atoms with Crippen LogP contribution < -0.4 is 20.3 Å². The number of amides is 2. The SMILES string of the molecule is COc1ccc(NC(=O)COCC(=O)Nc2ccc(N3CCOCC3)cc2)cc1. The lowest BCUT2D eigenvalue weighted by molar-refractivity contribution is -0.125. The molecule has 1 aliphatic rings. The first-order valence-corrected chi connectivity index (χ1v) is 9.38. The molecule has 0 bridgehead atoms. The fourth-order valence-electron chi connectivity index (χ4n) is 2.88. The topological polar surface area (TPSA) is 89.1 Å². The summed E-state index contributed by atoms with van der Waals surface area (Å²) in [6.07, 6.45) is 0. The lowest BCUT2D eigenvalue weighted by Gasteiger charge is -2.28. The van der Waals surface area contributed by atoms with E-state index in [1.54, 1.807) is 31.4 Å². The van der Waals surface area contributed by atoms with Crippen molar-refractivity contribution in [3.05, 3.63) is 48.5 Å². The van der Waals surface area contributed by atoms with Gasteiger partial charge in [-0.2, -0.15) is 0 Å². The highest BCUT2D eigenvalue weighted by atomic mass is 16.5. The minimum absolute atomic E-state index is 0.207. The van der Waals surface area contributed by atoms with Gasteiger partial charge in [0.15, 0.2) is 0 Å². The Balaban J connectivity index is 1.37. The molecule has 0 spiro atoms. The van der Waals surface area contributed by atoms with Crippen LogP contribution in [0, 0.1) is 0 Å². The highest BCUT2D eigenvalue weighted by Crippen LogP contribution is 2.19. The Morgan fingerprint density at radius 1 is 0.897 bits per heavy atom. The number of hydrogen-bond acceptors (Lipinski definition) is 6. The largest absolute Gasteiger partial charge is 0.497 e. The zero-order valence-corrected chi connectivity index (χ0v) is 16.3. The number of carbonyl (C=O) groups excluding carboxylic acids is 2. The molecule has 0 unspecified atom stereocenters. The van der Waals surface area contributed by atoms with Crippen molar-refractivity contribution in [2.24, 2.45) is 0 Å². The highest BCUT2D eigenvalue weighted by Gasteiger charge is 2.11. The Bertz CT molecular complexity index is 802. The minimum Gasteiger partial charge on any atom is -0.497 e. The Hall–Kier alpha value is -3.10. The van der Waals surface area contributed by atoms with Gasteiger partial charge in [-0.1, -0.05) is 0 Å². The summed E-state index contributed by atoms with van der Waals surface area (Å²) >= 11 is 0. The molecule has 0 radical (unpaired) electrons. The standard InChI is InChI=1S/C21H25N3O5/c1-27-19-8-4-17(5-9-19)23-21(26)15-29-14-20(25)22-16-2-6-18(7-3-16)24-10-12-28-13-11-24/h2-9H,10-15H2,1H3,(H,22,25)(H,23,26). The first-order chi connectivity index (χ1) is 14.1. The van der Waals surface area contributed by atoms with E-state index in [1.165, 1.54) is 0 Å². The second kappa shape index (κ2) is 10.4. The van der Waals surface area contributed by atoms with Crippen LogP contribution in [0.5, 0.6) is 5.75 Å². The highest BCUT2D eigenvalue weighted by molar-refractivity contribution is 5.93. The van der Waals surface area contributed by atoms with Gasteiger partial charge in [-0.15, -0.1) is 0 Å².